The molecule has 3 aromatic rings. The van der Waals surface area contributed by atoms with Crippen LogP contribution in [-0.4, -0.2) is 42.1 Å². The van der Waals surface area contributed by atoms with Gasteiger partial charge in [-0.15, -0.1) is 0 Å². The molecule has 2 aromatic carbocycles. The van der Waals surface area contributed by atoms with Gasteiger partial charge in [-0.3, -0.25) is 4.79 Å². The molecule has 1 amide bonds. The van der Waals surface area contributed by atoms with E-state index in [0.717, 1.165) is 32.4 Å². The zero-order valence-electron chi connectivity index (χ0n) is 16.1. The number of halogens is 1. The Morgan fingerprint density at radius 3 is 2.76 bits per heavy atom. The molecule has 150 valence electrons. The SMILES string of the molecule is O=C(c1cc(Cl)c2c(c1)OCCCO2)N1CCC(c2c[nH]c3ccccc23)CC1. The van der Waals surface area contributed by atoms with E-state index in [2.05, 4.69) is 29.4 Å². The van der Waals surface area contributed by atoms with E-state index >= 15 is 0 Å². The summed E-state index contributed by atoms with van der Waals surface area (Å²) in [6.45, 7) is 2.60. The summed E-state index contributed by atoms with van der Waals surface area (Å²) in [7, 11) is 0. The van der Waals surface area contributed by atoms with Gasteiger partial charge in [-0.1, -0.05) is 29.8 Å². The lowest BCUT2D eigenvalue weighted by atomic mass is 9.89. The Morgan fingerprint density at radius 1 is 1.10 bits per heavy atom. The molecule has 5 nitrogen and oxygen atoms in total. The van der Waals surface area contributed by atoms with Crippen molar-refractivity contribution in [3.05, 3.63) is 58.7 Å². The molecule has 29 heavy (non-hydrogen) atoms. The van der Waals surface area contributed by atoms with Gasteiger partial charge >= 0.3 is 0 Å². The molecule has 0 spiro atoms. The normalized spacial score (nSPS) is 17.3. The first-order chi connectivity index (χ1) is 14.2. The van der Waals surface area contributed by atoms with Crippen LogP contribution in [0, 0.1) is 0 Å². The third-order valence-electron chi connectivity index (χ3n) is 5.89. The Kier molecular flexibility index (Phi) is 4.84. The number of aromatic nitrogens is 1. The molecule has 5 rings (SSSR count). The fraction of sp³-hybridized carbons (Fsp3) is 0.348. The maximum absolute atomic E-state index is 13.1. The highest BCUT2D eigenvalue weighted by atomic mass is 35.5. The summed E-state index contributed by atoms with van der Waals surface area (Å²) in [6, 6.07) is 11.9. The molecule has 2 aliphatic heterocycles. The van der Waals surface area contributed by atoms with E-state index in [1.165, 1.54) is 16.5 Å². The van der Waals surface area contributed by atoms with E-state index in [9.17, 15) is 4.79 Å². The van der Waals surface area contributed by atoms with Crippen molar-refractivity contribution < 1.29 is 14.3 Å². The highest BCUT2D eigenvalue weighted by Gasteiger charge is 2.27. The third kappa shape index (κ3) is 3.44. The lowest BCUT2D eigenvalue weighted by molar-refractivity contribution is 0.0713. The number of amides is 1. The molecule has 0 radical (unpaired) electrons. The quantitative estimate of drug-likeness (QED) is 0.646. The number of hydrogen-bond donors (Lipinski definition) is 1. The third-order valence-corrected chi connectivity index (χ3v) is 6.17. The molecule has 6 heteroatoms. The van der Waals surface area contributed by atoms with Crippen molar-refractivity contribution in [1.29, 1.82) is 0 Å². The number of piperidine rings is 1. The maximum Gasteiger partial charge on any atom is 0.254 e. The summed E-state index contributed by atoms with van der Waals surface area (Å²) in [4.78, 5) is 18.4. The number of carbonyl (C=O) groups is 1. The molecule has 3 heterocycles. The second-order valence-electron chi connectivity index (χ2n) is 7.69. The Balaban J connectivity index is 1.31. The van der Waals surface area contributed by atoms with E-state index in [4.69, 9.17) is 21.1 Å². The number of aromatic amines is 1. The zero-order valence-corrected chi connectivity index (χ0v) is 16.9. The number of fused-ring (bicyclic) bond motifs is 2. The van der Waals surface area contributed by atoms with Gasteiger partial charge in [0, 0.05) is 42.2 Å². The number of benzene rings is 2. The van der Waals surface area contributed by atoms with Gasteiger partial charge in [0.05, 0.1) is 18.2 Å². The average molecular weight is 411 g/mol. The first-order valence-corrected chi connectivity index (χ1v) is 10.5. The number of carbonyl (C=O) groups excluding carboxylic acids is 1. The van der Waals surface area contributed by atoms with Gasteiger partial charge in [0.15, 0.2) is 11.5 Å². The Morgan fingerprint density at radius 2 is 1.90 bits per heavy atom. The number of ether oxygens (including phenoxy) is 2. The van der Waals surface area contributed by atoms with Gasteiger partial charge < -0.3 is 19.4 Å². The minimum Gasteiger partial charge on any atom is -0.489 e. The topological polar surface area (TPSA) is 54.6 Å². The fourth-order valence-electron chi connectivity index (χ4n) is 4.36. The fourth-order valence-corrected chi connectivity index (χ4v) is 4.63. The molecule has 0 atom stereocenters. The first kappa shape index (κ1) is 18.4. The van der Waals surface area contributed by atoms with Crippen LogP contribution < -0.4 is 9.47 Å². The van der Waals surface area contributed by atoms with Crippen molar-refractivity contribution in [2.45, 2.75) is 25.2 Å². The molecule has 0 saturated carbocycles. The van der Waals surface area contributed by atoms with Crippen LogP contribution in [0.15, 0.2) is 42.6 Å². The Labute approximate surface area is 174 Å². The predicted molar refractivity (Wildman–Crippen MR) is 113 cm³/mol. The van der Waals surface area contributed by atoms with Crippen LogP contribution in [-0.2, 0) is 0 Å². The highest BCUT2D eigenvalue weighted by Crippen LogP contribution is 2.39. The van der Waals surface area contributed by atoms with Crippen molar-refractivity contribution in [1.82, 2.24) is 9.88 Å². The van der Waals surface area contributed by atoms with Crippen molar-refractivity contribution >= 4 is 28.4 Å². The lowest BCUT2D eigenvalue weighted by Crippen LogP contribution is -2.37. The maximum atomic E-state index is 13.1. The summed E-state index contributed by atoms with van der Waals surface area (Å²) in [6.07, 6.45) is 4.82. The van der Waals surface area contributed by atoms with E-state index in [0.29, 0.717) is 41.2 Å². The van der Waals surface area contributed by atoms with E-state index in [-0.39, 0.29) is 5.91 Å². The van der Waals surface area contributed by atoms with Crippen LogP contribution in [0.3, 0.4) is 0 Å². The molecule has 1 aromatic heterocycles. The molecular formula is C23H23ClN2O3. The van der Waals surface area contributed by atoms with E-state index in [1.54, 1.807) is 12.1 Å². The van der Waals surface area contributed by atoms with Gasteiger partial charge in [-0.05, 0) is 42.5 Å². The summed E-state index contributed by atoms with van der Waals surface area (Å²) in [5.41, 5.74) is 3.08. The summed E-state index contributed by atoms with van der Waals surface area (Å²) in [5.74, 6) is 1.56. The summed E-state index contributed by atoms with van der Waals surface area (Å²) in [5, 5.41) is 1.72. The Bertz CT molecular complexity index is 1050. The van der Waals surface area contributed by atoms with Gasteiger partial charge in [-0.25, -0.2) is 0 Å². The van der Waals surface area contributed by atoms with Crippen molar-refractivity contribution in [2.24, 2.45) is 0 Å². The van der Waals surface area contributed by atoms with Gasteiger partial charge in [0.2, 0.25) is 0 Å². The molecule has 1 fully saturated rings. The second kappa shape index (κ2) is 7.64. The minimum atomic E-state index is -0.0000707. The number of H-pyrrole nitrogens is 1. The second-order valence-corrected chi connectivity index (χ2v) is 8.10. The smallest absolute Gasteiger partial charge is 0.254 e. The van der Waals surface area contributed by atoms with Crippen molar-refractivity contribution in [2.75, 3.05) is 26.3 Å². The number of hydrogen-bond acceptors (Lipinski definition) is 3. The minimum absolute atomic E-state index is 0.0000707. The largest absolute Gasteiger partial charge is 0.489 e. The van der Waals surface area contributed by atoms with Crippen LogP contribution in [0.25, 0.3) is 10.9 Å². The Hall–Kier alpha value is -2.66. The number of nitrogens with one attached hydrogen (secondary N) is 1. The summed E-state index contributed by atoms with van der Waals surface area (Å²) < 4.78 is 11.4. The first-order valence-electron chi connectivity index (χ1n) is 10.1. The van der Waals surface area contributed by atoms with Gasteiger partial charge in [-0.2, -0.15) is 0 Å². The standard InChI is InChI=1S/C23H23ClN2O3/c24-19-12-16(13-21-22(19)29-11-3-10-28-21)23(27)26-8-6-15(7-9-26)18-14-25-20-5-2-1-4-17(18)20/h1-2,4-5,12-15,25H,3,6-11H2. The highest BCUT2D eigenvalue weighted by molar-refractivity contribution is 6.32. The lowest BCUT2D eigenvalue weighted by Gasteiger charge is -2.32. The van der Waals surface area contributed by atoms with E-state index < -0.39 is 0 Å². The van der Waals surface area contributed by atoms with Crippen molar-refractivity contribution in [3.63, 3.8) is 0 Å². The predicted octanol–water partition coefficient (Wildman–Crippen LogP) is 5.00. The molecule has 0 bridgehead atoms. The van der Waals surface area contributed by atoms with E-state index in [1.807, 2.05) is 11.0 Å². The number of likely N-dealkylation sites (tertiary alicyclic amines) is 1. The number of nitrogens with zero attached hydrogens (tertiary/aromatic N) is 1. The monoisotopic (exact) mass is 410 g/mol. The van der Waals surface area contributed by atoms with Gasteiger partial charge in [0.25, 0.3) is 5.91 Å². The van der Waals surface area contributed by atoms with Crippen LogP contribution in [0.4, 0.5) is 0 Å². The summed E-state index contributed by atoms with van der Waals surface area (Å²) >= 11 is 6.37. The van der Waals surface area contributed by atoms with Crippen LogP contribution in [0.1, 0.15) is 41.1 Å². The average Bonchev–Trinajstić information content (AvgIpc) is 3.03. The number of rotatable bonds is 2. The van der Waals surface area contributed by atoms with Crippen LogP contribution >= 0.6 is 11.6 Å². The molecular weight excluding hydrogens is 388 g/mol. The molecule has 0 unspecified atom stereocenters. The molecule has 0 aliphatic carbocycles. The van der Waals surface area contributed by atoms with Crippen LogP contribution in [0.5, 0.6) is 11.5 Å². The molecule has 1 saturated heterocycles. The van der Waals surface area contributed by atoms with Crippen LogP contribution in [0.2, 0.25) is 5.02 Å². The molecule has 2 aliphatic rings. The zero-order chi connectivity index (χ0) is 19.8. The number of para-hydroxylation sites is 1. The molecule has 1 N–H and O–H groups in total. The van der Waals surface area contributed by atoms with Gasteiger partial charge in [0.1, 0.15) is 0 Å². The van der Waals surface area contributed by atoms with Crippen molar-refractivity contribution in [3.8, 4) is 11.5 Å².